The molecule has 0 radical (unpaired) electrons. The van der Waals surface area contributed by atoms with Crippen LogP contribution in [-0.4, -0.2) is 49.0 Å². The third-order valence-electron chi connectivity index (χ3n) is 6.18. The Hall–Kier alpha value is -2.86. The summed E-state index contributed by atoms with van der Waals surface area (Å²) in [5.41, 5.74) is 3.53. The van der Waals surface area contributed by atoms with Crippen LogP contribution in [0, 0.1) is 6.92 Å². The molecule has 2 heterocycles. The Kier molecular flexibility index (Phi) is 6.87. The van der Waals surface area contributed by atoms with Crippen molar-refractivity contribution in [3.05, 3.63) is 59.7 Å². The van der Waals surface area contributed by atoms with Crippen molar-refractivity contribution < 1.29 is 14.3 Å². The van der Waals surface area contributed by atoms with Crippen molar-refractivity contribution in [2.24, 2.45) is 0 Å². The first-order valence-corrected chi connectivity index (χ1v) is 11.2. The number of likely N-dealkylation sites (tertiary alicyclic amines) is 1. The summed E-state index contributed by atoms with van der Waals surface area (Å²) in [5.74, 6) is 0.657. The van der Waals surface area contributed by atoms with Crippen molar-refractivity contribution in [2.75, 3.05) is 31.1 Å². The predicted octanol–water partition coefficient (Wildman–Crippen LogP) is 3.28. The van der Waals surface area contributed by atoms with Crippen molar-refractivity contribution in [1.82, 2.24) is 10.2 Å². The van der Waals surface area contributed by atoms with E-state index in [-0.39, 0.29) is 24.5 Å². The van der Waals surface area contributed by atoms with Crippen LogP contribution in [0.1, 0.15) is 36.8 Å². The molecule has 0 atom stereocenters. The lowest BCUT2D eigenvalue weighted by Gasteiger charge is -2.32. The molecule has 0 bridgehead atoms. The van der Waals surface area contributed by atoms with Gasteiger partial charge in [0.05, 0.1) is 0 Å². The largest absolute Gasteiger partial charge is 0.484 e. The molecule has 164 valence electrons. The Morgan fingerprint density at radius 1 is 1.10 bits per heavy atom. The molecule has 0 aliphatic carbocycles. The van der Waals surface area contributed by atoms with Gasteiger partial charge in [0, 0.05) is 50.4 Å². The van der Waals surface area contributed by atoms with Crippen LogP contribution in [-0.2, 0) is 16.1 Å². The van der Waals surface area contributed by atoms with E-state index in [0.29, 0.717) is 12.2 Å². The van der Waals surface area contributed by atoms with Crippen molar-refractivity contribution in [1.29, 1.82) is 0 Å². The number of ether oxygens (including phenoxy) is 1. The van der Waals surface area contributed by atoms with Crippen molar-refractivity contribution in [2.45, 2.75) is 45.2 Å². The Morgan fingerprint density at radius 3 is 2.65 bits per heavy atom. The summed E-state index contributed by atoms with van der Waals surface area (Å²) in [5, 5.41) is 3.11. The van der Waals surface area contributed by atoms with Crippen molar-refractivity contribution in [3.63, 3.8) is 0 Å². The Balaban J connectivity index is 1.20. The van der Waals surface area contributed by atoms with E-state index in [1.807, 2.05) is 24.3 Å². The average molecular weight is 422 g/mol. The molecule has 2 aliphatic heterocycles. The second-order valence-corrected chi connectivity index (χ2v) is 8.48. The van der Waals surface area contributed by atoms with Gasteiger partial charge in [0.25, 0.3) is 5.91 Å². The monoisotopic (exact) mass is 421 g/mol. The number of hydrogen-bond donors (Lipinski definition) is 1. The van der Waals surface area contributed by atoms with E-state index in [4.69, 9.17) is 4.74 Å². The molecule has 1 N–H and O–H groups in total. The van der Waals surface area contributed by atoms with Crippen molar-refractivity contribution in [3.8, 4) is 5.75 Å². The maximum Gasteiger partial charge on any atom is 0.258 e. The highest BCUT2D eigenvalue weighted by molar-refractivity contribution is 5.95. The first-order chi connectivity index (χ1) is 15.1. The molecule has 0 saturated carbocycles. The van der Waals surface area contributed by atoms with E-state index >= 15 is 0 Å². The molecule has 2 aromatic carbocycles. The zero-order chi connectivity index (χ0) is 21.6. The lowest BCUT2D eigenvalue weighted by Crippen LogP contribution is -2.45. The molecule has 0 spiro atoms. The van der Waals surface area contributed by atoms with Gasteiger partial charge in [0.1, 0.15) is 5.75 Å². The first kappa shape index (κ1) is 21.4. The van der Waals surface area contributed by atoms with Gasteiger partial charge < -0.3 is 15.0 Å². The van der Waals surface area contributed by atoms with Gasteiger partial charge in [-0.3, -0.25) is 14.5 Å². The van der Waals surface area contributed by atoms with E-state index in [1.165, 1.54) is 11.1 Å². The smallest absolute Gasteiger partial charge is 0.258 e. The summed E-state index contributed by atoms with van der Waals surface area (Å²) < 4.78 is 5.70. The Bertz CT molecular complexity index is 922. The molecule has 0 unspecified atom stereocenters. The molecule has 2 aliphatic rings. The molecule has 2 fully saturated rings. The van der Waals surface area contributed by atoms with Gasteiger partial charge in [0.2, 0.25) is 5.91 Å². The van der Waals surface area contributed by atoms with Crippen LogP contribution in [0.25, 0.3) is 0 Å². The standard InChI is InChI=1S/C25H31N3O3/c1-19-6-2-3-7-20(19)17-27-14-11-21(12-15-27)26-24(29)18-31-23-9-4-8-22(16-23)28-13-5-10-25(28)30/h2-4,6-9,16,21H,5,10-15,17-18H2,1H3,(H,26,29). The number of carbonyl (C=O) groups excluding carboxylic acids is 2. The van der Waals surface area contributed by atoms with Crippen LogP contribution in [0.15, 0.2) is 48.5 Å². The lowest BCUT2D eigenvalue weighted by molar-refractivity contribution is -0.124. The summed E-state index contributed by atoms with van der Waals surface area (Å²) >= 11 is 0. The fraction of sp³-hybridized carbons (Fsp3) is 0.440. The molecule has 2 aromatic rings. The van der Waals surface area contributed by atoms with E-state index < -0.39 is 0 Å². The average Bonchev–Trinajstić information content (AvgIpc) is 3.21. The number of carbonyl (C=O) groups is 2. The molecular formula is C25H31N3O3. The molecule has 31 heavy (non-hydrogen) atoms. The number of aryl methyl sites for hydroxylation is 1. The van der Waals surface area contributed by atoms with Crippen LogP contribution < -0.4 is 15.0 Å². The third-order valence-corrected chi connectivity index (χ3v) is 6.18. The summed E-state index contributed by atoms with van der Waals surface area (Å²) in [6, 6.07) is 16.1. The number of anilines is 1. The number of rotatable bonds is 7. The summed E-state index contributed by atoms with van der Waals surface area (Å²) in [7, 11) is 0. The van der Waals surface area contributed by atoms with Gasteiger partial charge in [0.15, 0.2) is 6.61 Å². The van der Waals surface area contributed by atoms with Crippen LogP contribution in [0.5, 0.6) is 5.75 Å². The molecule has 2 saturated heterocycles. The normalized spacial score (nSPS) is 17.7. The quantitative estimate of drug-likeness (QED) is 0.745. The Labute approximate surface area is 184 Å². The molecule has 6 heteroatoms. The number of benzene rings is 2. The van der Waals surface area contributed by atoms with Gasteiger partial charge in [-0.25, -0.2) is 0 Å². The van der Waals surface area contributed by atoms with Crippen LogP contribution >= 0.6 is 0 Å². The number of nitrogens with one attached hydrogen (secondary N) is 1. The summed E-state index contributed by atoms with van der Waals surface area (Å²) in [4.78, 5) is 28.5. The highest BCUT2D eigenvalue weighted by Gasteiger charge is 2.23. The van der Waals surface area contributed by atoms with E-state index in [2.05, 4.69) is 41.4 Å². The van der Waals surface area contributed by atoms with E-state index in [0.717, 1.165) is 51.1 Å². The predicted molar refractivity (Wildman–Crippen MR) is 121 cm³/mol. The van der Waals surface area contributed by atoms with E-state index in [1.54, 1.807) is 4.90 Å². The number of amides is 2. The van der Waals surface area contributed by atoms with Gasteiger partial charge in [-0.05, 0) is 49.4 Å². The van der Waals surface area contributed by atoms with Gasteiger partial charge in [-0.1, -0.05) is 30.3 Å². The maximum atomic E-state index is 12.4. The van der Waals surface area contributed by atoms with Crippen LogP contribution in [0.2, 0.25) is 0 Å². The van der Waals surface area contributed by atoms with Gasteiger partial charge in [-0.15, -0.1) is 0 Å². The van der Waals surface area contributed by atoms with E-state index in [9.17, 15) is 9.59 Å². The van der Waals surface area contributed by atoms with Crippen LogP contribution in [0.3, 0.4) is 0 Å². The molecule has 6 nitrogen and oxygen atoms in total. The van der Waals surface area contributed by atoms with Gasteiger partial charge in [-0.2, -0.15) is 0 Å². The topological polar surface area (TPSA) is 61.9 Å². The first-order valence-electron chi connectivity index (χ1n) is 11.2. The number of piperidine rings is 1. The zero-order valence-electron chi connectivity index (χ0n) is 18.2. The molecular weight excluding hydrogens is 390 g/mol. The maximum absolute atomic E-state index is 12.4. The van der Waals surface area contributed by atoms with Crippen LogP contribution in [0.4, 0.5) is 5.69 Å². The second-order valence-electron chi connectivity index (χ2n) is 8.48. The minimum atomic E-state index is -0.0972. The third kappa shape index (κ3) is 5.64. The van der Waals surface area contributed by atoms with Gasteiger partial charge >= 0.3 is 0 Å². The SMILES string of the molecule is Cc1ccccc1CN1CCC(NC(=O)COc2cccc(N3CCCC3=O)c2)CC1. The molecule has 0 aromatic heterocycles. The second kappa shape index (κ2) is 9.96. The highest BCUT2D eigenvalue weighted by atomic mass is 16.5. The number of nitrogens with zero attached hydrogens (tertiary/aromatic N) is 2. The minimum Gasteiger partial charge on any atom is -0.484 e. The summed E-state index contributed by atoms with van der Waals surface area (Å²) in [6.45, 7) is 5.80. The molecule has 2 amide bonds. The highest BCUT2D eigenvalue weighted by Crippen LogP contribution is 2.25. The minimum absolute atomic E-state index is 0.0131. The zero-order valence-corrected chi connectivity index (χ0v) is 18.2. The Morgan fingerprint density at radius 2 is 1.90 bits per heavy atom. The molecule has 4 rings (SSSR count). The summed E-state index contributed by atoms with van der Waals surface area (Å²) in [6.07, 6.45) is 3.38. The van der Waals surface area contributed by atoms with Crippen molar-refractivity contribution >= 4 is 17.5 Å². The lowest BCUT2D eigenvalue weighted by atomic mass is 10.0. The fourth-order valence-corrected chi connectivity index (χ4v) is 4.34. The fourth-order valence-electron chi connectivity index (χ4n) is 4.34. The number of hydrogen-bond acceptors (Lipinski definition) is 4.